The Morgan fingerprint density at radius 2 is 1.92 bits per heavy atom. The molecule has 0 amide bonds. The molecule has 0 atom stereocenters. The Balaban J connectivity index is 1.77. The van der Waals surface area contributed by atoms with Crippen LogP contribution in [0.5, 0.6) is 5.75 Å². The van der Waals surface area contributed by atoms with Gasteiger partial charge in [-0.1, -0.05) is 35.9 Å². The van der Waals surface area contributed by atoms with Gasteiger partial charge in [-0.15, -0.1) is 0 Å². The second-order valence-corrected chi connectivity index (χ2v) is 6.33. The minimum Gasteiger partial charge on any atom is -0.489 e. The molecule has 0 saturated carbocycles. The Kier molecular flexibility index (Phi) is 5.24. The predicted octanol–water partition coefficient (Wildman–Crippen LogP) is 5.73. The van der Waals surface area contributed by atoms with Crippen molar-refractivity contribution >= 4 is 17.6 Å². The van der Waals surface area contributed by atoms with E-state index in [1.165, 1.54) is 12.1 Å². The molecular formula is C21H16ClFO3. The van der Waals surface area contributed by atoms with Crippen molar-refractivity contribution in [3.63, 3.8) is 0 Å². The Morgan fingerprint density at radius 1 is 1.12 bits per heavy atom. The van der Waals surface area contributed by atoms with E-state index in [9.17, 15) is 9.18 Å². The van der Waals surface area contributed by atoms with Gasteiger partial charge in [-0.2, -0.15) is 0 Å². The summed E-state index contributed by atoms with van der Waals surface area (Å²) in [7, 11) is 0. The summed E-state index contributed by atoms with van der Waals surface area (Å²) < 4.78 is 19.3. The van der Waals surface area contributed by atoms with Gasteiger partial charge in [0.15, 0.2) is 0 Å². The molecular weight excluding hydrogens is 355 g/mol. The quantitative estimate of drug-likeness (QED) is 0.623. The highest BCUT2D eigenvalue weighted by atomic mass is 35.5. The monoisotopic (exact) mass is 370 g/mol. The molecule has 0 aliphatic rings. The molecule has 3 aromatic carbocycles. The van der Waals surface area contributed by atoms with E-state index in [4.69, 9.17) is 21.4 Å². The molecule has 0 aliphatic heterocycles. The molecule has 26 heavy (non-hydrogen) atoms. The lowest BCUT2D eigenvalue weighted by Gasteiger charge is -2.10. The van der Waals surface area contributed by atoms with E-state index in [1.54, 1.807) is 0 Å². The molecule has 0 aromatic heterocycles. The predicted molar refractivity (Wildman–Crippen MR) is 99.3 cm³/mol. The zero-order chi connectivity index (χ0) is 18.7. The number of hydrogen-bond acceptors (Lipinski definition) is 2. The molecule has 0 heterocycles. The molecule has 5 heteroatoms. The Bertz CT molecular complexity index is 969. The van der Waals surface area contributed by atoms with E-state index in [0.717, 1.165) is 28.3 Å². The normalized spacial score (nSPS) is 10.6. The van der Waals surface area contributed by atoms with E-state index >= 15 is 0 Å². The number of ether oxygens (including phenoxy) is 1. The van der Waals surface area contributed by atoms with Crippen LogP contribution in [0.3, 0.4) is 0 Å². The van der Waals surface area contributed by atoms with Crippen LogP contribution in [0, 0.1) is 12.7 Å². The van der Waals surface area contributed by atoms with Crippen molar-refractivity contribution in [2.75, 3.05) is 0 Å². The summed E-state index contributed by atoms with van der Waals surface area (Å²) >= 11 is 6.01. The van der Waals surface area contributed by atoms with E-state index in [2.05, 4.69) is 0 Å². The lowest BCUT2D eigenvalue weighted by molar-refractivity contribution is 0.0692. The average molecular weight is 371 g/mol. The molecule has 0 saturated heterocycles. The number of benzene rings is 3. The first-order chi connectivity index (χ1) is 12.4. The third-order valence-electron chi connectivity index (χ3n) is 4.00. The van der Waals surface area contributed by atoms with Gasteiger partial charge in [-0.05, 0) is 59.5 Å². The van der Waals surface area contributed by atoms with Crippen LogP contribution in [-0.2, 0) is 6.61 Å². The van der Waals surface area contributed by atoms with Crippen molar-refractivity contribution in [3.8, 4) is 16.9 Å². The Morgan fingerprint density at radius 3 is 2.62 bits per heavy atom. The standard InChI is InChI=1S/C21H16ClFO3/c1-13-9-16(22)5-7-18(13)15-4-2-3-14(10-15)12-26-17-6-8-19(21(24)25)20(23)11-17/h2-11H,12H2,1H3,(H,24,25). The van der Waals surface area contributed by atoms with Crippen LogP contribution >= 0.6 is 11.6 Å². The number of carboxylic acids is 1. The minimum atomic E-state index is -1.31. The maximum atomic E-state index is 13.7. The van der Waals surface area contributed by atoms with Crippen LogP contribution in [0.1, 0.15) is 21.5 Å². The lowest BCUT2D eigenvalue weighted by atomic mass is 9.99. The number of hydrogen-bond donors (Lipinski definition) is 1. The van der Waals surface area contributed by atoms with E-state index in [1.807, 2.05) is 49.4 Å². The summed E-state index contributed by atoms with van der Waals surface area (Å²) in [5.41, 5.74) is 3.72. The number of aryl methyl sites for hydroxylation is 1. The van der Waals surface area contributed by atoms with Crippen LogP contribution in [0.2, 0.25) is 5.02 Å². The summed E-state index contributed by atoms with van der Waals surface area (Å²) in [6.07, 6.45) is 0. The molecule has 132 valence electrons. The maximum absolute atomic E-state index is 13.7. The van der Waals surface area contributed by atoms with Gasteiger partial charge in [0, 0.05) is 11.1 Å². The number of aromatic carboxylic acids is 1. The zero-order valence-electron chi connectivity index (χ0n) is 14.0. The largest absolute Gasteiger partial charge is 0.489 e. The van der Waals surface area contributed by atoms with Crippen molar-refractivity contribution < 1.29 is 19.0 Å². The fraction of sp³-hybridized carbons (Fsp3) is 0.0952. The average Bonchev–Trinajstić information content (AvgIpc) is 2.60. The molecule has 0 fully saturated rings. The van der Waals surface area contributed by atoms with Crippen molar-refractivity contribution in [1.82, 2.24) is 0 Å². The van der Waals surface area contributed by atoms with Crippen LogP contribution in [-0.4, -0.2) is 11.1 Å². The summed E-state index contributed by atoms with van der Waals surface area (Å²) in [5, 5.41) is 9.55. The molecule has 3 nitrogen and oxygen atoms in total. The molecule has 0 spiro atoms. The minimum absolute atomic E-state index is 0.242. The third kappa shape index (κ3) is 4.03. The fourth-order valence-corrected chi connectivity index (χ4v) is 2.93. The van der Waals surface area contributed by atoms with Crippen molar-refractivity contribution in [1.29, 1.82) is 0 Å². The highest BCUT2D eigenvalue weighted by molar-refractivity contribution is 6.30. The van der Waals surface area contributed by atoms with Crippen LogP contribution in [0.25, 0.3) is 11.1 Å². The van der Waals surface area contributed by atoms with Crippen molar-refractivity contribution in [2.24, 2.45) is 0 Å². The van der Waals surface area contributed by atoms with Crippen LogP contribution in [0.4, 0.5) is 4.39 Å². The zero-order valence-corrected chi connectivity index (χ0v) is 14.8. The van der Waals surface area contributed by atoms with E-state index < -0.39 is 11.8 Å². The number of rotatable bonds is 5. The van der Waals surface area contributed by atoms with Gasteiger partial charge < -0.3 is 9.84 Å². The van der Waals surface area contributed by atoms with E-state index in [-0.39, 0.29) is 17.9 Å². The Hall–Kier alpha value is -2.85. The molecule has 0 bridgehead atoms. The summed E-state index contributed by atoms with van der Waals surface area (Å²) in [6, 6.07) is 17.3. The van der Waals surface area contributed by atoms with Gasteiger partial charge in [-0.25, -0.2) is 9.18 Å². The fourth-order valence-electron chi connectivity index (χ4n) is 2.71. The smallest absolute Gasteiger partial charge is 0.338 e. The molecule has 0 aliphatic carbocycles. The lowest BCUT2D eigenvalue weighted by Crippen LogP contribution is -2.02. The first kappa shape index (κ1) is 18.0. The number of halogens is 2. The van der Waals surface area contributed by atoms with Crippen molar-refractivity contribution in [2.45, 2.75) is 13.5 Å². The SMILES string of the molecule is Cc1cc(Cl)ccc1-c1cccc(COc2ccc(C(=O)O)c(F)c2)c1. The second kappa shape index (κ2) is 7.58. The van der Waals surface area contributed by atoms with Gasteiger partial charge >= 0.3 is 5.97 Å². The van der Waals surface area contributed by atoms with Gasteiger partial charge in [0.1, 0.15) is 18.2 Å². The molecule has 3 aromatic rings. The van der Waals surface area contributed by atoms with Crippen LogP contribution < -0.4 is 4.74 Å². The first-order valence-electron chi connectivity index (χ1n) is 7.95. The summed E-state index contributed by atoms with van der Waals surface area (Å²) in [6.45, 7) is 2.24. The number of carboxylic acid groups (broad SMARTS) is 1. The topological polar surface area (TPSA) is 46.5 Å². The number of carbonyl (C=O) groups is 1. The van der Waals surface area contributed by atoms with E-state index in [0.29, 0.717) is 5.02 Å². The van der Waals surface area contributed by atoms with Gasteiger partial charge in [-0.3, -0.25) is 0 Å². The highest BCUT2D eigenvalue weighted by Crippen LogP contribution is 2.27. The molecule has 0 radical (unpaired) electrons. The van der Waals surface area contributed by atoms with Gasteiger partial charge in [0.2, 0.25) is 0 Å². The summed E-state index contributed by atoms with van der Waals surface area (Å²) in [4.78, 5) is 10.8. The first-order valence-corrected chi connectivity index (χ1v) is 8.33. The molecule has 1 N–H and O–H groups in total. The van der Waals surface area contributed by atoms with Gasteiger partial charge in [0.05, 0.1) is 5.56 Å². The maximum Gasteiger partial charge on any atom is 0.338 e. The second-order valence-electron chi connectivity index (χ2n) is 5.90. The molecule has 0 unspecified atom stereocenters. The Labute approximate surface area is 155 Å². The molecule has 3 rings (SSSR count). The van der Waals surface area contributed by atoms with Crippen molar-refractivity contribution in [3.05, 3.63) is 88.2 Å². The van der Waals surface area contributed by atoms with Crippen LogP contribution in [0.15, 0.2) is 60.7 Å². The van der Waals surface area contributed by atoms with Gasteiger partial charge in [0.25, 0.3) is 0 Å². The summed E-state index contributed by atoms with van der Waals surface area (Å²) in [5.74, 6) is -1.85. The third-order valence-corrected chi connectivity index (χ3v) is 4.24. The highest BCUT2D eigenvalue weighted by Gasteiger charge is 2.11.